The summed E-state index contributed by atoms with van der Waals surface area (Å²) in [6.45, 7) is 3.44. The molecule has 7 nitrogen and oxygen atoms in total. The van der Waals surface area contributed by atoms with Crippen molar-refractivity contribution in [3.8, 4) is 0 Å². The lowest BCUT2D eigenvalue weighted by molar-refractivity contribution is -0.384. The van der Waals surface area contributed by atoms with Crippen LogP contribution in [0.2, 0.25) is 0 Å². The first-order valence-electron chi connectivity index (χ1n) is 8.64. The molecule has 27 heavy (non-hydrogen) atoms. The predicted molar refractivity (Wildman–Crippen MR) is 111 cm³/mol. The van der Waals surface area contributed by atoms with E-state index in [0.717, 1.165) is 13.1 Å². The highest BCUT2D eigenvalue weighted by molar-refractivity contribution is 7.80. The molecule has 0 bridgehead atoms. The van der Waals surface area contributed by atoms with Crippen molar-refractivity contribution in [3.63, 3.8) is 0 Å². The van der Waals surface area contributed by atoms with E-state index in [1.165, 1.54) is 17.7 Å². The summed E-state index contributed by atoms with van der Waals surface area (Å²) in [7, 11) is 2.06. The van der Waals surface area contributed by atoms with E-state index < -0.39 is 4.92 Å². The number of nitrogens with one attached hydrogen (secondary N) is 2. The van der Waals surface area contributed by atoms with Gasteiger partial charge >= 0.3 is 0 Å². The van der Waals surface area contributed by atoms with Gasteiger partial charge in [0, 0.05) is 37.5 Å². The molecule has 0 aliphatic rings. The van der Waals surface area contributed by atoms with Crippen molar-refractivity contribution in [1.29, 1.82) is 0 Å². The van der Waals surface area contributed by atoms with Crippen LogP contribution in [-0.2, 0) is 11.3 Å². The third kappa shape index (κ3) is 8.12. The van der Waals surface area contributed by atoms with Crippen LogP contribution in [-0.4, -0.2) is 48.3 Å². The number of thiocarbonyl (C=S) groups is 1. The van der Waals surface area contributed by atoms with E-state index in [1.54, 1.807) is 12.1 Å². The zero-order valence-corrected chi connectivity index (χ0v) is 16.1. The summed E-state index contributed by atoms with van der Waals surface area (Å²) in [5.41, 5.74) is 1.87. The van der Waals surface area contributed by atoms with Crippen LogP contribution in [0.15, 0.2) is 54.6 Å². The number of ether oxygens (including phenoxy) is 1. The molecule has 0 unspecified atom stereocenters. The summed E-state index contributed by atoms with van der Waals surface area (Å²) >= 11 is 5.18. The SMILES string of the molecule is CN(CCOCCNC(=S)Nc1cccc([N+](=O)[O-])c1)Cc1ccccc1. The number of hydrogen-bond acceptors (Lipinski definition) is 5. The van der Waals surface area contributed by atoms with Crippen molar-refractivity contribution >= 4 is 28.7 Å². The van der Waals surface area contributed by atoms with E-state index >= 15 is 0 Å². The molecule has 8 heteroatoms. The van der Waals surface area contributed by atoms with Crippen LogP contribution in [0.25, 0.3) is 0 Å². The second kappa shape index (κ2) is 11.2. The van der Waals surface area contributed by atoms with Gasteiger partial charge < -0.3 is 15.4 Å². The Balaban J connectivity index is 1.56. The van der Waals surface area contributed by atoms with Gasteiger partial charge in [-0.2, -0.15) is 0 Å². The van der Waals surface area contributed by atoms with Crippen molar-refractivity contribution in [2.75, 3.05) is 38.7 Å². The highest BCUT2D eigenvalue weighted by Crippen LogP contribution is 2.16. The summed E-state index contributed by atoms with van der Waals surface area (Å²) in [6.07, 6.45) is 0. The molecule has 0 fully saturated rings. The monoisotopic (exact) mass is 388 g/mol. The van der Waals surface area contributed by atoms with E-state index in [9.17, 15) is 10.1 Å². The van der Waals surface area contributed by atoms with Crippen LogP contribution in [0, 0.1) is 10.1 Å². The maximum absolute atomic E-state index is 10.8. The Bertz CT molecular complexity index is 743. The Kier molecular flexibility index (Phi) is 8.63. The number of nitrogens with zero attached hydrogens (tertiary/aromatic N) is 2. The number of rotatable bonds is 10. The molecule has 0 heterocycles. The second-order valence-corrected chi connectivity index (χ2v) is 6.43. The summed E-state index contributed by atoms with van der Waals surface area (Å²) < 4.78 is 5.61. The molecular formula is C19H24N4O3S. The molecule has 2 N–H and O–H groups in total. The summed E-state index contributed by atoms with van der Waals surface area (Å²) in [4.78, 5) is 12.5. The molecule has 2 rings (SSSR count). The van der Waals surface area contributed by atoms with Crippen LogP contribution < -0.4 is 10.6 Å². The van der Waals surface area contributed by atoms with E-state index in [1.807, 2.05) is 18.2 Å². The third-order valence-corrected chi connectivity index (χ3v) is 4.01. The molecular weight excluding hydrogens is 364 g/mol. The average molecular weight is 388 g/mol. The van der Waals surface area contributed by atoms with Gasteiger partial charge in [-0.3, -0.25) is 15.0 Å². The number of hydrogen-bond donors (Lipinski definition) is 2. The number of likely N-dealkylation sites (N-methyl/N-ethyl adjacent to an activating group) is 1. The molecule has 0 aliphatic carbocycles. The molecule has 0 atom stereocenters. The van der Waals surface area contributed by atoms with Gasteiger partial charge in [-0.1, -0.05) is 36.4 Å². The number of nitro benzene ring substituents is 1. The van der Waals surface area contributed by atoms with E-state index in [0.29, 0.717) is 30.6 Å². The highest BCUT2D eigenvalue weighted by Gasteiger charge is 2.06. The Labute approximate surface area is 164 Å². The van der Waals surface area contributed by atoms with Crippen LogP contribution >= 0.6 is 12.2 Å². The topological polar surface area (TPSA) is 79.7 Å². The maximum atomic E-state index is 10.8. The van der Waals surface area contributed by atoms with Crippen LogP contribution in [0.3, 0.4) is 0 Å². The molecule has 2 aromatic carbocycles. The van der Waals surface area contributed by atoms with Gasteiger partial charge in [-0.25, -0.2) is 0 Å². The van der Waals surface area contributed by atoms with Crippen LogP contribution in [0.1, 0.15) is 5.56 Å². The highest BCUT2D eigenvalue weighted by atomic mass is 32.1. The summed E-state index contributed by atoms with van der Waals surface area (Å²) in [5.74, 6) is 0. The normalized spacial score (nSPS) is 10.6. The van der Waals surface area contributed by atoms with Crippen molar-refractivity contribution in [2.45, 2.75) is 6.54 Å². The quantitative estimate of drug-likeness (QED) is 0.280. The second-order valence-electron chi connectivity index (χ2n) is 6.02. The van der Waals surface area contributed by atoms with Gasteiger partial charge in [0.05, 0.1) is 18.1 Å². The minimum Gasteiger partial charge on any atom is -0.378 e. The Morgan fingerprint density at radius 3 is 2.70 bits per heavy atom. The first kappa shape index (κ1) is 20.8. The average Bonchev–Trinajstić information content (AvgIpc) is 2.65. The molecule has 0 radical (unpaired) electrons. The predicted octanol–water partition coefficient (Wildman–Crippen LogP) is 3.03. The number of nitro groups is 1. The molecule has 0 aromatic heterocycles. The smallest absolute Gasteiger partial charge is 0.271 e. The Morgan fingerprint density at radius 1 is 1.19 bits per heavy atom. The lowest BCUT2D eigenvalue weighted by Crippen LogP contribution is -2.32. The number of benzene rings is 2. The lowest BCUT2D eigenvalue weighted by Gasteiger charge is -2.17. The largest absolute Gasteiger partial charge is 0.378 e. The van der Waals surface area contributed by atoms with Crippen molar-refractivity contribution in [1.82, 2.24) is 10.2 Å². The van der Waals surface area contributed by atoms with E-state index in [2.05, 4.69) is 34.7 Å². The molecule has 0 aliphatic heterocycles. The molecule has 0 saturated heterocycles. The zero-order chi connectivity index (χ0) is 19.5. The zero-order valence-electron chi connectivity index (χ0n) is 15.3. The molecule has 144 valence electrons. The summed E-state index contributed by atoms with van der Waals surface area (Å²) in [6, 6.07) is 16.5. The molecule has 0 spiro atoms. The van der Waals surface area contributed by atoms with Gasteiger partial charge in [0.1, 0.15) is 0 Å². The van der Waals surface area contributed by atoms with E-state index in [4.69, 9.17) is 17.0 Å². The van der Waals surface area contributed by atoms with Crippen LogP contribution in [0.4, 0.5) is 11.4 Å². The molecule has 2 aromatic rings. The van der Waals surface area contributed by atoms with Gasteiger partial charge in [-0.15, -0.1) is 0 Å². The number of anilines is 1. The third-order valence-electron chi connectivity index (χ3n) is 3.76. The van der Waals surface area contributed by atoms with E-state index in [-0.39, 0.29) is 5.69 Å². The lowest BCUT2D eigenvalue weighted by atomic mass is 10.2. The van der Waals surface area contributed by atoms with Crippen molar-refractivity contribution in [3.05, 3.63) is 70.3 Å². The molecule has 0 amide bonds. The van der Waals surface area contributed by atoms with Crippen molar-refractivity contribution in [2.24, 2.45) is 0 Å². The van der Waals surface area contributed by atoms with Gasteiger partial charge in [0.25, 0.3) is 5.69 Å². The Hall–Kier alpha value is -2.55. The fourth-order valence-corrected chi connectivity index (χ4v) is 2.63. The fourth-order valence-electron chi connectivity index (χ4n) is 2.41. The first-order valence-corrected chi connectivity index (χ1v) is 9.05. The van der Waals surface area contributed by atoms with Gasteiger partial charge in [-0.05, 0) is 30.9 Å². The van der Waals surface area contributed by atoms with Gasteiger partial charge in [0.15, 0.2) is 5.11 Å². The first-order chi connectivity index (χ1) is 13.0. The van der Waals surface area contributed by atoms with Crippen molar-refractivity contribution < 1.29 is 9.66 Å². The minimum atomic E-state index is -0.440. The number of non-ortho nitro benzene ring substituents is 1. The summed E-state index contributed by atoms with van der Waals surface area (Å²) in [5, 5.41) is 17.1. The fraction of sp³-hybridized carbons (Fsp3) is 0.316. The maximum Gasteiger partial charge on any atom is 0.271 e. The Morgan fingerprint density at radius 2 is 1.96 bits per heavy atom. The molecule has 0 saturated carbocycles. The standard InChI is InChI=1S/C19H24N4O3S/c1-22(15-16-6-3-2-4-7-16)11-13-26-12-10-20-19(27)21-17-8-5-9-18(14-17)23(24)25/h2-9,14H,10-13,15H2,1H3,(H2,20,21,27). The van der Waals surface area contributed by atoms with Crippen LogP contribution in [0.5, 0.6) is 0 Å². The minimum absolute atomic E-state index is 0.0192. The van der Waals surface area contributed by atoms with Gasteiger partial charge in [0.2, 0.25) is 0 Å².